The molecule has 17 heavy (non-hydrogen) atoms. The van der Waals surface area contributed by atoms with Gasteiger partial charge in [-0.25, -0.2) is 0 Å². The first-order chi connectivity index (χ1) is 8.11. The summed E-state index contributed by atoms with van der Waals surface area (Å²) in [6, 6.07) is 7.32. The highest BCUT2D eigenvalue weighted by Gasteiger charge is 2.06. The average molecular weight is 236 g/mol. The highest BCUT2D eigenvalue weighted by atomic mass is 16.3. The molecule has 0 saturated heterocycles. The van der Waals surface area contributed by atoms with Crippen LogP contribution in [0.25, 0.3) is 0 Å². The first-order valence-electron chi connectivity index (χ1n) is 5.83. The van der Waals surface area contributed by atoms with Crippen LogP contribution in [0.5, 0.6) is 5.75 Å². The van der Waals surface area contributed by atoms with E-state index < -0.39 is 0 Å². The third-order valence-electron chi connectivity index (χ3n) is 2.55. The molecule has 1 aromatic rings. The quantitative estimate of drug-likeness (QED) is 0.692. The summed E-state index contributed by atoms with van der Waals surface area (Å²) in [6.45, 7) is 2.34. The van der Waals surface area contributed by atoms with Gasteiger partial charge in [-0.2, -0.15) is 0 Å². The number of carbonyl (C=O) groups is 1. The van der Waals surface area contributed by atoms with E-state index in [1.165, 1.54) is 0 Å². The molecule has 0 bridgehead atoms. The third-order valence-corrected chi connectivity index (χ3v) is 2.55. The lowest BCUT2D eigenvalue weighted by Crippen LogP contribution is -2.38. The Morgan fingerprint density at radius 1 is 1.35 bits per heavy atom. The van der Waals surface area contributed by atoms with Gasteiger partial charge in [0.15, 0.2) is 0 Å². The lowest BCUT2D eigenvalue weighted by atomic mass is 10.1. The zero-order chi connectivity index (χ0) is 12.7. The molecule has 0 fully saturated rings. The van der Waals surface area contributed by atoms with Crippen LogP contribution in [-0.4, -0.2) is 30.6 Å². The van der Waals surface area contributed by atoms with Gasteiger partial charge in [0.1, 0.15) is 5.75 Å². The number of aromatic hydroxyl groups is 1. The van der Waals surface area contributed by atoms with Crippen molar-refractivity contribution in [3.05, 3.63) is 29.8 Å². The summed E-state index contributed by atoms with van der Waals surface area (Å²) in [5.41, 5.74) is 1.16. The van der Waals surface area contributed by atoms with Crippen LogP contribution in [0.15, 0.2) is 24.3 Å². The summed E-state index contributed by atoms with van der Waals surface area (Å²) in [5.74, 6) is 0.301. The molecule has 1 aromatic carbocycles. The van der Waals surface area contributed by atoms with Crippen molar-refractivity contribution in [2.24, 2.45) is 0 Å². The molecule has 0 saturated carbocycles. The molecule has 1 amide bonds. The maximum Gasteiger partial charge on any atom is 0.234 e. The van der Waals surface area contributed by atoms with Crippen molar-refractivity contribution in [2.75, 3.05) is 13.6 Å². The van der Waals surface area contributed by atoms with Gasteiger partial charge in [0.05, 0.1) is 6.54 Å². The van der Waals surface area contributed by atoms with Crippen LogP contribution < -0.4 is 10.6 Å². The van der Waals surface area contributed by atoms with E-state index in [1.54, 1.807) is 19.2 Å². The van der Waals surface area contributed by atoms with E-state index in [-0.39, 0.29) is 17.7 Å². The van der Waals surface area contributed by atoms with Crippen LogP contribution in [0.4, 0.5) is 0 Å². The number of hydrogen-bond donors (Lipinski definition) is 3. The van der Waals surface area contributed by atoms with Crippen molar-refractivity contribution in [1.82, 2.24) is 10.6 Å². The summed E-state index contributed by atoms with van der Waals surface area (Å²) < 4.78 is 0. The van der Waals surface area contributed by atoms with Crippen LogP contribution in [0.3, 0.4) is 0 Å². The van der Waals surface area contributed by atoms with Gasteiger partial charge in [-0.15, -0.1) is 0 Å². The minimum absolute atomic E-state index is 0.0192. The van der Waals surface area contributed by atoms with Crippen molar-refractivity contribution in [2.45, 2.75) is 25.8 Å². The second-order valence-electron chi connectivity index (χ2n) is 4.20. The van der Waals surface area contributed by atoms with Crippen LogP contribution in [0.1, 0.15) is 18.9 Å². The summed E-state index contributed by atoms with van der Waals surface area (Å²) in [4.78, 5) is 11.3. The Morgan fingerprint density at radius 2 is 2.00 bits per heavy atom. The van der Waals surface area contributed by atoms with Crippen LogP contribution in [0, 0.1) is 0 Å². The second-order valence-corrected chi connectivity index (χ2v) is 4.20. The molecule has 0 aliphatic carbocycles. The van der Waals surface area contributed by atoms with Gasteiger partial charge < -0.3 is 15.7 Å². The van der Waals surface area contributed by atoms with E-state index in [0.29, 0.717) is 6.54 Å². The van der Waals surface area contributed by atoms with Crippen molar-refractivity contribution in [3.63, 3.8) is 0 Å². The number of phenolic OH excluding ortho intramolecular Hbond substituents is 1. The Hall–Kier alpha value is -1.55. The summed E-state index contributed by atoms with van der Waals surface area (Å²) in [5, 5.41) is 14.9. The molecule has 1 atom stereocenters. The van der Waals surface area contributed by atoms with E-state index in [2.05, 4.69) is 10.6 Å². The molecule has 0 radical (unpaired) electrons. The zero-order valence-electron chi connectivity index (χ0n) is 10.4. The summed E-state index contributed by atoms with van der Waals surface area (Å²) in [7, 11) is 1.75. The molecular formula is C13H20N2O2. The molecule has 0 heterocycles. The number of hydrogen-bond acceptors (Lipinski definition) is 3. The summed E-state index contributed by atoms with van der Waals surface area (Å²) >= 11 is 0. The largest absolute Gasteiger partial charge is 0.508 e. The van der Waals surface area contributed by atoms with E-state index in [0.717, 1.165) is 18.4 Å². The molecule has 4 nitrogen and oxygen atoms in total. The minimum Gasteiger partial charge on any atom is -0.508 e. The predicted octanol–water partition coefficient (Wildman–Crippen LogP) is 1.05. The van der Waals surface area contributed by atoms with Gasteiger partial charge >= 0.3 is 0 Å². The molecule has 94 valence electrons. The van der Waals surface area contributed by atoms with Gasteiger partial charge in [-0.1, -0.05) is 12.1 Å². The molecule has 0 spiro atoms. The number of phenols is 1. The Kier molecular flexibility index (Phi) is 5.49. The molecule has 0 aliphatic heterocycles. The fourth-order valence-electron chi connectivity index (χ4n) is 1.60. The van der Waals surface area contributed by atoms with Gasteiger partial charge in [-0.05, 0) is 44.5 Å². The van der Waals surface area contributed by atoms with Crippen molar-refractivity contribution < 1.29 is 9.90 Å². The third kappa shape index (κ3) is 5.36. The number of carbonyl (C=O) groups excluding carboxylic acids is 1. The lowest BCUT2D eigenvalue weighted by molar-refractivity contribution is -0.120. The Bertz CT molecular complexity index is 349. The first-order valence-corrected chi connectivity index (χ1v) is 5.83. The molecular weight excluding hydrogens is 216 g/mol. The van der Waals surface area contributed by atoms with Gasteiger partial charge in [0.25, 0.3) is 0 Å². The second kappa shape index (κ2) is 6.91. The van der Waals surface area contributed by atoms with E-state index in [1.807, 2.05) is 19.1 Å². The van der Waals surface area contributed by atoms with E-state index >= 15 is 0 Å². The highest BCUT2D eigenvalue weighted by molar-refractivity contribution is 5.78. The number of benzene rings is 1. The Labute approximate surface area is 102 Å². The number of rotatable bonds is 6. The zero-order valence-corrected chi connectivity index (χ0v) is 10.4. The van der Waals surface area contributed by atoms with Crippen molar-refractivity contribution >= 4 is 5.91 Å². The molecule has 1 rings (SSSR count). The van der Waals surface area contributed by atoms with Gasteiger partial charge in [0.2, 0.25) is 5.91 Å². The fourth-order valence-corrected chi connectivity index (χ4v) is 1.60. The Morgan fingerprint density at radius 3 is 2.59 bits per heavy atom. The number of likely N-dealkylation sites (N-methyl/N-ethyl adjacent to an activating group) is 1. The van der Waals surface area contributed by atoms with Crippen LogP contribution in [-0.2, 0) is 11.2 Å². The molecule has 1 unspecified atom stereocenters. The SMILES string of the molecule is CNCC(=O)NC(C)CCc1ccc(O)cc1. The fraction of sp³-hybridized carbons (Fsp3) is 0.462. The monoisotopic (exact) mass is 236 g/mol. The topological polar surface area (TPSA) is 61.4 Å². The normalized spacial score (nSPS) is 12.1. The first kappa shape index (κ1) is 13.5. The standard InChI is InChI=1S/C13H20N2O2/c1-10(15-13(17)9-14-2)3-4-11-5-7-12(16)8-6-11/h5-8,10,14,16H,3-4,9H2,1-2H3,(H,15,17). The Balaban J connectivity index is 2.30. The number of amides is 1. The van der Waals surface area contributed by atoms with Crippen molar-refractivity contribution in [3.8, 4) is 5.75 Å². The maximum atomic E-state index is 11.3. The summed E-state index contributed by atoms with van der Waals surface area (Å²) in [6.07, 6.45) is 1.78. The van der Waals surface area contributed by atoms with E-state index in [4.69, 9.17) is 5.11 Å². The van der Waals surface area contributed by atoms with Gasteiger partial charge in [0, 0.05) is 6.04 Å². The number of aryl methyl sites for hydroxylation is 1. The lowest BCUT2D eigenvalue weighted by Gasteiger charge is -2.13. The van der Waals surface area contributed by atoms with Crippen molar-refractivity contribution in [1.29, 1.82) is 0 Å². The molecule has 4 heteroatoms. The highest BCUT2D eigenvalue weighted by Crippen LogP contribution is 2.11. The van der Waals surface area contributed by atoms with Crippen LogP contribution in [0.2, 0.25) is 0 Å². The average Bonchev–Trinajstić information content (AvgIpc) is 2.28. The smallest absolute Gasteiger partial charge is 0.234 e. The van der Waals surface area contributed by atoms with Gasteiger partial charge in [-0.3, -0.25) is 4.79 Å². The predicted molar refractivity (Wildman–Crippen MR) is 68.0 cm³/mol. The minimum atomic E-state index is 0.0192. The molecule has 0 aliphatic rings. The van der Waals surface area contributed by atoms with Crippen LogP contribution >= 0.6 is 0 Å². The molecule has 3 N–H and O–H groups in total. The maximum absolute atomic E-state index is 11.3. The van der Waals surface area contributed by atoms with E-state index in [9.17, 15) is 4.79 Å². The number of nitrogens with one attached hydrogen (secondary N) is 2. The molecule has 0 aromatic heterocycles.